The number of likely N-dealkylation sites (tertiary alicyclic amines) is 1. The van der Waals surface area contributed by atoms with E-state index in [9.17, 15) is 14.4 Å². The van der Waals surface area contributed by atoms with Crippen LogP contribution in [0.5, 0.6) is 0 Å². The third-order valence-corrected chi connectivity index (χ3v) is 7.71. The minimum Gasteiger partial charge on any atom is -0.342 e. The minimum absolute atomic E-state index is 0.106. The molecule has 1 fully saturated rings. The standard InChI is InChI=1S/C31H42N6O3/c1-21(32-5)28(38)35-26(31(2,3)4)29(39)37-18-11-14-23(37)20-36(19-17-22-12-7-6-8-13-22)30(40)27-33-24-15-9-10-16-25(24)34-27/h6-10,12-13,15-16,21,23,26,32H,11,14,17-20H2,1-5H3,(H,33,34)(H,35,38). The Kier molecular flexibility index (Phi) is 9.25. The number of hydrogen-bond acceptors (Lipinski definition) is 5. The normalized spacial score (nSPS) is 17.0. The quantitative estimate of drug-likeness (QED) is 0.361. The molecule has 3 N–H and O–H groups in total. The Hall–Kier alpha value is -3.72. The predicted molar refractivity (Wildman–Crippen MR) is 157 cm³/mol. The van der Waals surface area contributed by atoms with Gasteiger partial charge in [0.2, 0.25) is 11.8 Å². The van der Waals surface area contributed by atoms with Gasteiger partial charge in [-0.05, 0) is 56.3 Å². The van der Waals surface area contributed by atoms with Gasteiger partial charge in [0.25, 0.3) is 5.91 Å². The number of nitrogens with one attached hydrogen (secondary N) is 3. The molecule has 3 amide bonds. The Morgan fingerprint density at radius 2 is 1.80 bits per heavy atom. The van der Waals surface area contributed by atoms with Gasteiger partial charge in [0.15, 0.2) is 5.82 Å². The fraction of sp³-hybridized carbons (Fsp3) is 0.484. The predicted octanol–water partition coefficient (Wildman–Crippen LogP) is 3.38. The van der Waals surface area contributed by atoms with Crippen molar-refractivity contribution in [1.82, 2.24) is 30.4 Å². The monoisotopic (exact) mass is 546 g/mol. The van der Waals surface area contributed by atoms with Gasteiger partial charge >= 0.3 is 0 Å². The smallest absolute Gasteiger partial charge is 0.289 e. The molecule has 0 saturated carbocycles. The Labute approximate surface area is 236 Å². The number of imidazole rings is 1. The molecule has 0 radical (unpaired) electrons. The van der Waals surface area contributed by atoms with Crippen molar-refractivity contribution < 1.29 is 14.4 Å². The molecule has 4 rings (SSSR count). The zero-order valence-electron chi connectivity index (χ0n) is 24.2. The minimum atomic E-state index is -0.680. The largest absolute Gasteiger partial charge is 0.342 e. The average Bonchev–Trinajstić information content (AvgIpc) is 3.59. The SMILES string of the molecule is CNC(C)C(=O)NC(C(=O)N1CCCC1CN(CCc1ccccc1)C(=O)c1nc2ccccc2[nH]1)C(C)(C)C. The van der Waals surface area contributed by atoms with E-state index in [1.54, 1.807) is 14.0 Å². The van der Waals surface area contributed by atoms with Gasteiger partial charge in [0, 0.05) is 25.7 Å². The molecule has 9 nitrogen and oxygen atoms in total. The van der Waals surface area contributed by atoms with Crippen molar-refractivity contribution in [2.45, 2.75) is 65.1 Å². The lowest BCUT2D eigenvalue weighted by Crippen LogP contribution is -2.59. The van der Waals surface area contributed by atoms with Crippen LogP contribution < -0.4 is 10.6 Å². The fourth-order valence-electron chi connectivity index (χ4n) is 5.17. The number of aromatic amines is 1. The summed E-state index contributed by atoms with van der Waals surface area (Å²) in [7, 11) is 1.72. The van der Waals surface area contributed by atoms with E-state index in [4.69, 9.17) is 0 Å². The Morgan fingerprint density at radius 3 is 2.48 bits per heavy atom. The Bertz CT molecular complexity index is 1280. The number of likely N-dealkylation sites (N-methyl/N-ethyl adjacent to an activating group) is 1. The Balaban J connectivity index is 1.56. The second-order valence-corrected chi connectivity index (χ2v) is 11.7. The molecule has 3 unspecified atom stereocenters. The van der Waals surface area contributed by atoms with Gasteiger partial charge in [-0.1, -0.05) is 63.2 Å². The molecule has 0 bridgehead atoms. The Morgan fingerprint density at radius 1 is 1.10 bits per heavy atom. The molecule has 0 aliphatic carbocycles. The number of aromatic nitrogens is 2. The fourth-order valence-corrected chi connectivity index (χ4v) is 5.17. The maximum Gasteiger partial charge on any atom is 0.289 e. The van der Waals surface area contributed by atoms with Crippen LogP contribution in [0.25, 0.3) is 11.0 Å². The number of hydrogen-bond donors (Lipinski definition) is 3. The molecule has 3 atom stereocenters. The molecule has 3 aromatic rings. The van der Waals surface area contributed by atoms with E-state index in [1.807, 2.05) is 73.0 Å². The van der Waals surface area contributed by atoms with Crippen LogP contribution in [-0.2, 0) is 16.0 Å². The molecule has 0 spiro atoms. The highest BCUT2D eigenvalue weighted by atomic mass is 16.2. The second kappa shape index (κ2) is 12.6. The number of nitrogens with zero attached hydrogens (tertiary/aromatic N) is 3. The lowest BCUT2D eigenvalue weighted by atomic mass is 9.85. The van der Waals surface area contributed by atoms with Crippen LogP contribution in [0.15, 0.2) is 54.6 Å². The third-order valence-electron chi connectivity index (χ3n) is 7.71. The summed E-state index contributed by atoms with van der Waals surface area (Å²) in [6.45, 7) is 9.14. The number of H-pyrrole nitrogens is 1. The lowest BCUT2D eigenvalue weighted by Gasteiger charge is -2.37. The molecule has 214 valence electrons. The highest BCUT2D eigenvalue weighted by molar-refractivity contribution is 5.94. The van der Waals surface area contributed by atoms with Gasteiger partial charge in [-0.3, -0.25) is 14.4 Å². The van der Waals surface area contributed by atoms with Crippen LogP contribution in [0.1, 0.15) is 56.7 Å². The molecular formula is C31H42N6O3. The van der Waals surface area contributed by atoms with Crippen molar-refractivity contribution in [2.24, 2.45) is 5.41 Å². The van der Waals surface area contributed by atoms with E-state index in [0.717, 1.165) is 29.4 Å². The molecular weight excluding hydrogens is 504 g/mol. The summed E-state index contributed by atoms with van der Waals surface area (Å²) in [4.78, 5) is 51.9. The third kappa shape index (κ3) is 6.88. The van der Waals surface area contributed by atoms with Crippen LogP contribution in [0.3, 0.4) is 0 Å². The summed E-state index contributed by atoms with van der Waals surface area (Å²) >= 11 is 0. The van der Waals surface area contributed by atoms with E-state index in [0.29, 0.717) is 31.9 Å². The topological polar surface area (TPSA) is 110 Å². The number of carbonyl (C=O) groups is 3. The summed E-state index contributed by atoms with van der Waals surface area (Å²) < 4.78 is 0. The van der Waals surface area contributed by atoms with Gasteiger partial charge in [-0.25, -0.2) is 4.98 Å². The van der Waals surface area contributed by atoms with E-state index in [1.165, 1.54) is 0 Å². The maximum absolute atomic E-state index is 13.9. The summed E-state index contributed by atoms with van der Waals surface area (Å²) in [5.41, 5.74) is 2.21. The van der Waals surface area contributed by atoms with Crippen molar-refractivity contribution in [2.75, 3.05) is 26.7 Å². The summed E-state index contributed by atoms with van der Waals surface area (Å²) in [5, 5.41) is 5.92. The van der Waals surface area contributed by atoms with Gasteiger partial charge in [0.05, 0.1) is 17.1 Å². The van der Waals surface area contributed by atoms with Crippen molar-refractivity contribution in [3.8, 4) is 0 Å². The van der Waals surface area contributed by atoms with E-state index in [2.05, 4.69) is 32.7 Å². The highest BCUT2D eigenvalue weighted by Crippen LogP contribution is 2.27. The number of benzene rings is 2. The molecule has 1 aliphatic rings. The first-order valence-electron chi connectivity index (χ1n) is 14.1. The van der Waals surface area contributed by atoms with Crippen molar-refractivity contribution in [1.29, 1.82) is 0 Å². The molecule has 2 aromatic carbocycles. The van der Waals surface area contributed by atoms with Crippen LogP contribution in [0.4, 0.5) is 0 Å². The first kappa shape index (κ1) is 29.3. The molecule has 1 saturated heterocycles. The average molecular weight is 547 g/mol. The van der Waals surface area contributed by atoms with Crippen molar-refractivity contribution in [3.05, 3.63) is 66.0 Å². The summed E-state index contributed by atoms with van der Waals surface area (Å²) in [6, 6.07) is 16.4. The molecule has 9 heteroatoms. The molecule has 40 heavy (non-hydrogen) atoms. The lowest BCUT2D eigenvalue weighted by molar-refractivity contribution is -0.140. The van der Waals surface area contributed by atoms with Gasteiger partial charge < -0.3 is 25.4 Å². The van der Waals surface area contributed by atoms with Crippen LogP contribution in [0.2, 0.25) is 0 Å². The van der Waals surface area contributed by atoms with Crippen LogP contribution in [-0.4, -0.2) is 82.3 Å². The van der Waals surface area contributed by atoms with Crippen molar-refractivity contribution >= 4 is 28.8 Å². The number of rotatable bonds is 10. The first-order chi connectivity index (χ1) is 19.1. The van der Waals surface area contributed by atoms with Gasteiger partial charge in [-0.2, -0.15) is 0 Å². The van der Waals surface area contributed by atoms with Gasteiger partial charge in [-0.15, -0.1) is 0 Å². The second-order valence-electron chi connectivity index (χ2n) is 11.7. The zero-order valence-corrected chi connectivity index (χ0v) is 24.2. The van der Waals surface area contributed by atoms with Crippen LogP contribution in [0, 0.1) is 5.41 Å². The van der Waals surface area contributed by atoms with E-state index >= 15 is 0 Å². The number of para-hydroxylation sites is 2. The van der Waals surface area contributed by atoms with E-state index < -0.39 is 17.5 Å². The number of carbonyl (C=O) groups excluding carboxylic acids is 3. The number of fused-ring (bicyclic) bond motifs is 1. The molecule has 2 heterocycles. The molecule has 1 aromatic heterocycles. The van der Waals surface area contributed by atoms with Gasteiger partial charge in [0.1, 0.15) is 6.04 Å². The summed E-state index contributed by atoms with van der Waals surface area (Å²) in [5.74, 6) is -0.206. The van der Waals surface area contributed by atoms with Crippen LogP contribution >= 0.6 is 0 Å². The summed E-state index contributed by atoms with van der Waals surface area (Å²) in [6.07, 6.45) is 2.33. The molecule has 1 aliphatic heterocycles. The van der Waals surface area contributed by atoms with Crippen molar-refractivity contribution in [3.63, 3.8) is 0 Å². The van der Waals surface area contributed by atoms with E-state index in [-0.39, 0.29) is 23.8 Å². The highest BCUT2D eigenvalue weighted by Gasteiger charge is 2.41. The first-order valence-corrected chi connectivity index (χ1v) is 14.1. The zero-order chi connectivity index (χ0) is 28.9. The maximum atomic E-state index is 13.9. The number of amides is 3.